The largest absolute Gasteiger partial charge is 0.294 e. The van der Waals surface area contributed by atoms with E-state index in [-0.39, 0.29) is 17.8 Å². The van der Waals surface area contributed by atoms with Gasteiger partial charge in [-0.05, 0) is 18.2 Å². The normalized spacial score (nSPS) is 10.4. The maximum Gasteiger partial charge on any atom is 0.256 e. The Bertz CT molecular complexity index is 840. The molecule has 1 aromatic carbocycles. The van der Waals surface area contributed by atoms with Gasteiger partial charge in [0.25, 0.3) is 5.56 Å². The van der Waals surface area contributed by atoms with Gasteiger partial charge in [-0.3, -0.25) is 14.2 Å². The highest BCUT2D eigenvalue weighted by atomic mass is 16.1. The third-order valence-corrected chi connectivity index (χ3v) is 3.35. The monoisotopic (exact) mass is 290 g/mol. The molecule has 3 rings (SSSR count). The van der Waals surface area contributed by atoms with Crippen LogP contribution in [0.3, 0.4) is 0 Å². The zero-order valence-electron chi connectivity index (χ0n) is 11.8. The van der Waals surface area contributed by atoms with E-state index >= 15 is 0 Å². The summed E-state index contributed by atoms with van der Waals surface area (Å²) >= 11 is 0. The summed E-state index contributed by atoms with van der Waals surface area (Å²) in [7, 11) is 0. The Morgan fingerprint density at radius 2 is 1.68 bits per heavy atom. The SMILES string of the molecule is O=C(Cc1cccc(=O)n1-c1ccccn1)c1ccccc1. The van der Waals surface area contributed by atoms with E-state index in [1.807, 2.05) is 24.3 Å². The molecule has 22 heavy (non-hydrogen) atoms. The smallest absolute Gasteiger partial charge is 0.256 e. The van der Waals surface area contributed by atoms with E-state index in [2.05, 4.69) is 4.98 Å². The average Bonchev–Trinajstić information content (AvgIpc) is 2.56. The minimum atomic E-state index is -0.197. The molecule has 0 amide bonds. The van der Waals surface area contributed by atoms with Crippen molar-refractivity contribution in [1.29, 1.82) is 0 Å². The lowest BCUT2D eigenvalue weighted by Gasteiger charge is -2.11. The van der Waals surface area contributed by atoms with Crippen LogP contribution in [0.4, 0.5) is 0 Å². The van der Waals surface area contributed by atoms with Crippen LogP contribution in [0.1, 0.15) is 16.1 Å². The molecule has 2 aromatic heterocycles. The number of aromatic nitrogens is 2. The quantitative estimate of drug-likeness (QED) is 0.694. The summed E-state index contributed by atoms with van der Waals surface area (Å²) in [5.74, 6) is 0.486. The molecule has 0 aliphatic carbocycles. The molecule has 0 radical (unpaired) electrons. The first-order chi connectivity index (χ1) is 10.8. The van der Waals surface area contributed by atoms with Gasteiger partial charge in [-0.2, -0.15) is 0 Å². The third kappa shape index (κ3) is 2.86. The Hall–Kier alpha value is -3.01. The molecule has 4 nitrogen and oxygen atoms in total. The zero-order chi connectivity index (χ0) is 15.4. The first-order valence-corrected chi connectivity index (χ1v) is 6.96. The van der Waals surface area contributed by atoms with Crippen LogP contribution in [-0.4, -0.2) is 15.3 Å². The maximum atomic E-state index is 12.4. The van der Waals surface area contributed by atoms with Crippen LogP contribution in [0.15, 0.2) is 77.7 Å². The van der Waals surface area contributed by atoms with Crippen LogP contribution in [-0.2, 0) is 6.42 Å². The molecule has 4 heteroatoms. The van der Waals surface area contributed by atoms with Gasteiger partial charge in [0.15, 0.2) is 5.78 Å². The molecule has 2 heterocycles. The number of rotatable bonds is 4. The summed E-state index contributed by atoms with van der Waals surface area (Å²) in [6.45, 7) is 0. The minimum absolute atomic E-state index is 0.0316. The maximum absolute atomic E-state index is 12.4. The van der Waals surface area contributed by atoms with Crippen molar-refractivity contribution in [2.24, 2.45) is 0 Å². The molecular formula is C18H14N2O2. The van der Waals surface area contributed by atoms with Gasteiger partial charge < -0.3 is 0 Å². The van der Waals surface area contributed by atoms with Gasteiger partial charge in [0.05, 0.1) is 6.42 Å². The highest BCUT2D eigenvalue weighted by Gasteiger charge is 2.12. The highest BCUT2D eigenvalue weighted by molar-refractivity contribution is 5.97. The molecular weight excluding hydrogens is 276 g/mol. The second-order valence-corrected chi connectivity index (χ2v) is 4.84. The Labute approximate surface area is 127 Å². The highest BCUT2D eigenvalue weighted by Crippen LogP contribution is 2.10. The van der Waals surface area contributed by atoms with Crippen LogP contribution in [0.25, 0.3) is 5.82 Å². The third-order valence-electron chi connectivity index (χ3n) is 3.35. The number of nitrogens with zero attached hydrogens (tertiary/aromatic N) is 2. The summed E-state index contributed by atoms with van der Waals surface area (Å²) in [6.07, 6.45) is 1.77. The van der Waals surface area contributed by atoms with Crippen molar-refractivity contribution in [2.45, 2.75) is 6.42 Å². The predicted molar refractivity (Wildman–Crippen MR) is 84.3 cm³/mol. The van der Waals surface area contributed by atoms with Gasteiger partial charge in [-0.25, -0.2) is 4.98 Å². The molecule has 0 N–H and O–H groups in total. The first-order valence-electron chi connectivity index (χ1n) is 6.96. The Balaban J connectivity index is 2.00. The topological polar surface area (TPSA) is 52.0 Å². The molecule has 108 valence electrons. The van der Waals surface area contributed by atoms with Crippen molar-refractivity contribution in [3.63, 3.8) is 0 Å². The molecule has 0 atom stereocenters. The molecule has 3 aromatic rings. The summed E-state index contributed by atoms with van der Waals surface area (Å²) < 4.78 is 1.47. The first kappa shape index (κ1) is 13.9. The van der Waals surface area contributed by atoms with E-state index in [0.717, 1.165) is 0 Å². The van der Waals surface area contributed by atoms with Gasteiger partial charge in [-0.1, -0.05) is 42.5 Å². The lowest BCUT2D eigenvalue weighted by molar-refractivity contribution is 0.0991. The fraction of sp³-hybridized carbons (Fsp3) is 0.0556. The number of ketones is 1. The standard InChI is InChI=1S/C18H14N2O2/c21-16(14-7-2-1-3-8-14)13-15-9-6-11-18(22)20(15)17-10-4-5-12-19-17/h1-12H,13H2. The van der Waals surface area contributed by atoms with Crippen LogP contribution < -0.4 is 5.56 Å². The van der Waals surface area contributed by atoms with Crippen LogP contribution >= 0.6 is 0 Å². The van der Waals surface area contributed by atoms with E-state index in [9.17, 15) is 9.59 Å². The van der Waals surface area contributed by atoms with E-state index in [1.165, 1.54) is 10.6 Å². The summed E-state index contributed by atoms with van der Waals surface area (Å²) in [4.78, 5) is 28.7. The molecule has 0 unspecified atom stereocenters. The molecule has 0 aliphatic heterocycles. The van der Waals surface area contributed by atoms with Gasteiger partial charge >= 0.3 is 0 Å². The number of carbonyl (C=O) groups excluding carboxylic acids is 1. The molecule has 0 fully saturated rings. The second-order valence-electron chi connectivity index (χ2n) is 4.84. The van der Waals surface area contributed by atoms with Gasteiger partial charge in [0.1, 0.15) is 5.82 Å². The molecule has 0 aliphatic rings. The van der Waals surface area contributed by atoms with Crippen molar-refractivity contribution in [1.82, 2.24) is 9.55 Å². The van der Waals surface area contributed by atoms with Crippen molar-refractivity contribution in [3.8, 4) is 5.82 Å². The van der Waals surface area contributed by atoms with Gasteiger partial charge in [-0.15, -0.1) is 0 Å². The van der Waals surface area contributed by atoms with Crippen molar-refractivity contribution >= 4 is 5.78 Å². The number of carbonyl (C=O) groups is 1. The van der Waals surface area contributed by atoms with Crippen LogP contribution in [0.2, 0.25) is 0 Å². The zero-order valence-corrected chi connectivity index (χ0v) is 11.8. The number of Topliss-reactive ketones (excluding diaryl/α,β-unsaturated/α-hetero) is 1. The summed E-state index contributed by atoms with van der Waals surface area (Å²) in [5, 5.41) is 0. The summed E-state index contributed by atoms with van der Waals surface area (Å²) in [6, 6.07) is 19.3. The van der Waals surface area contributed by atoms with E-state index in [1.54, 1.807) is 42.6 Å². The fourth-order valence-electron chi connectivity index (χ4n) is 2.31. The minimum Gasteiger partial charge on any atom is -0.294 e. The predicted octanol–water partition coefficient (Wildman–Crippen LogP) is 2.66. The van der Waals surface area contributed by atoms with Crippen molar-refractivity contribution in [2.75, 3.05) is 0 Å². The van der Waals surface area contributed by atoms with Crippen LogP contribution in [0.5, 0.6) is 0 Å². The van der Waals surface area contributed by atoms with E-state index in [0.29, 0.717) is 17.1 Å². The Morgan fingerprint density at radius 3 is 2.41 bits per heavy atom. The lowest BCUT2D eigenvalue weighted by atomic mass is 10.1. The number of hydrogen-bond donors (Lipinski definition) is 0. The molecule has 0 bridgehead atoms. The molecule has 0 saturated carbocycles. The van der Waals surface area contributed by atoms with E-state index in [4.69, 9.17) is 0 Å². The van der Waals surface area contributed by atoms with Crippen molar-refractivity contribution < 1.29 is 4.79 Å². The van der Waals surface area contributed by atoms with Crippen molar-refractivity contribution in [3.05, 3.63) is 94.5 Å². The van der Waals surface area contributed by atoms with Gasteiger partial charge in [0.2, 0.25) is 0 Å². The lowest BCUT2D eigenvalue weighted by Crippen LogP contribution is -2.23. The Kier molecular flexibility index (Phi) is 3.92. The molecule has 0 spiro atoms. The summed E-state index contributed by atoms with van der Waals surface area (Å²) in [5.41, 5.74) is 1.06. The second kappa shape index (κ2) is 6.18. The van der Waals surface area contributed by atoms with E-state index < -0.39 is 0 Å². The Morgan fingerprint density at radius 1 is 0.909 bits per heavy atom. The number of pyridine rings is 2. The average molecular weight is 290 g/mol. The van der Waals surface area contributed by atoms with Crippen LogP contribution in [0, 0.1) is 0 Å². The van der Waals surface area contributed by atoms with Gasteiger partial charge in [0, 0.05) is 23.5 Å². The number of benzene rings is 1. The fourth-order valence-corrected chi connectivity index (χ4v) is 2.31. The number of hydrogen-bond acceptors (Lipinski definition) is 3. The molecule has 0 saturated heterocycles.